The standard InChI is InChI=1S/C21H23NO/c1-21(2,3)19-12-9-18(10-13-19)11-14-20(23)22-16-15-17-7-5-4-6-8-17/h4-10,12-13H,15-16H2,1-3H3,(H,22,23). The lowest BCUT2D eigenvalue weighted by Crippen LogP contribution is -2.23. The second-order valence-electron chi connectivity index (χ2n) is 6.57. The van der Waals surface area contributed by atoms with Gasteiger partial charge in [0, 0.05) is 18.0 Å². The predicted octanol–water partition coefficient (Wildman–Crippen LogP) is 3.69. The second kappa shape index (κ2) is 7.65. The molecule has 118 valence electrons. The summed E-state index contributed by atoms with van der Waals surface area (Å²) in [5.74, 6) is 5.32. The third-order valence-electron chi connectivity index (χ3n) is 3.61. The Kier molecular flexibility index (Phi) is 5.60. The number of benzene rings is 2. The molecule has 0 aromatic heterocycles. The summed E-state index contributed by atoms with van der Waals surface area (Å²) in [4.78, 5) is 11.7. The molecule has 2 aromatic carbocycles. The van der Waals surface area contributed by atoms with Crippen LogP contribution in [0.5, 0.6) is 0 Å². The lowest BCUT2D eigenvalue weighted by Gasteiger charge is -2.18. The molecule has 1 amide bonds. The minimum Gasteiger partial charge on any atom is -0.345 e. The summed E-state index contributed by atoms with van der Waals surface area (Å²) in [5, 5.41) is 2.82. The highest BCUT2D eigenvalue weighted by Crippen LogP contribution is 2.21. The van der Waals surface area contributed by atoms with Crippen molar-refractivity contribution in [2.75, 3.05) is 6.54 Å². The van der Waals surface area contributed by atoms with Crippen LogP contribution in [-0.4, -0.2) is 12.5 Å². The van der Waals surface area contributed by atoms with Crippen molar-refractivity contribution in [3.63, 3.8) is 0 Å². The largest absolute Gasteiger partial charge is 0.345 e. The molecule has 0 aliphatic carbocycles. The molecule has 2 aromatic rings. The molecule has 0 aliphatic heterocycles. The molecule has 2 rings (SSSR count). The Labute approximate surface area is 138 Å². The molecule has 2 nitrogen and oxygen atoms in total. The SMILES string of the molecule is CC(C)(C)c1ccc(C#CC(=O)NCCc2ccccc2)cc1. The van der Waals surface area contributed by atoms with Crippen molar-refractivity contribution in [1.82, 2.24) is 5.32 Å². The zero-order valence-corrected chi connectivity index (χ0v) is 14.0. The van der Waals surface area contributed by atoms with Crippen molar-refractivity contribution >= 4 is 5.91 Å². The number of carbonyl (C=O) groups excluding carboxylic acids is 1. The maximum Gasteiger partial charge on any atom is 0.296 e. The van der Waals surface area contributed by atoms with E-state index in [0.29, 0.717) is 6.54 Å². The third kappa shape index (κ3) is 5.64. The van der Waals surface area contributed by atoms with Gasteiger partial charge in [-0.05, 0) is 35.1 Å². The summed E-state index contributed by atoms with van der Waals surface area (Å²) in [6.45, 7) is 7.12. The summed E-state index contributed by atoms with van der Waals surface area (Å²) in [5.41, 5.74) is 3.45. The van der Waals surface area contributed by atoms with Gasteiger partial charge < -0.3 is 5.32 Å². The molecule has 2 heteroatoms. The van der Waals surface area contributed by atoms with Crippen LogP contribution in [0.4, 0.5) is 0 Å². The number of nitrogens with one attached hydrogen (secondary N) is 1. The van der Waals surface area contributed by atoms with Gasteiger partial charge in [0.2, 0.25) is 0 Å². The Morgan fingerprint density at radius 1 is 1.00 bits per heavy atom. The van der Waals surface area contributed by atoms with E-state index in [1.54, 1.807) is 0 Å². The van der Waals surface area contributed by atoms with Gasteiger partial charge in [0.15, 0.2) is 0 Å². The zero-order valence-electron chi connectivity index (χ0n) is 14.0. The molecule has 23 heavy (non-hydrogen) atoms. The Hall–Kier alpha value is -2.53. The molecule has 0 unspecified atom stereocenters. The monoisotopic (exact) mass is 305 g/mol. The number of rotatable bonds is 3. The Morgan fingerprint density at radius 2 is 1.65 bits per heavy atom. The van der Waals surface area contributed by atoms with E-state index in [1.165, 1.54) is 11.1 Å². The first-order valence-corrected chi connectivity index (χ1v) is 7.89. The van der Waals surface area contributed by atoms with Gasteiger partial charge in [0.05, 0.1) is 0 Å². The summed E-state index contributed by atoms with van der Waals surface area (Å²) < 4.78 is 0. The van der Waals surface area contributed by atoms with Crippen LogP contribution < -0.4 is 5.32 Å². The quantitative estimate of drug-likeness (QED) is 0.861. The van der Waals surface area contributed by atoms with E-state index in [9.17, 15) is 4.79 Å². The van der Waals surface area contributed by atoms with E-state index >= 15 is 0 Å². The van der Waals surface area contributed by atoms with Crippen LogP contribution in [0.15, 0.2) is 54.6 Å². The fraction of sp³-hybridized carbons (Fsp3) is 0.286. The Balaban J connectivity index is 1.85. The molecule has 0 heterocycles. The first-order valence-electron chi connectivity index (χ1n) is 7.89. The molecule has 0 bridgehead atoms. The van der Waals surface area contributed by atoms with Crippen molar-refractivity contribution in [2.24, 2.45) is 0 Å². The van der Waals surface area contributed by atoms with E-state index in [2.05, 4.69) is 62.2 Å². The van der Waals surface area contributed by atoms with Crippen LogP contribution in [0.1, 0.15) is 37.5 Å². The minimum absolute atomic E-state index is 0.126. The maximum absolute atomic E-state index is 11.7. The van der Waals surface area contributed by atoms with Gasteiger partial charge in [-0.3, -0.25) is 4.79 Å². The fourth-order valence-corrected chi connectivity index (χ4v) is 2.19. The maximum atomic E-state index is 11.7. The van der Waals surface area contributed by atoms with Gasteiger partial charge in [0.1, 0.15) is 0 Å². The van der Waals surface area contributed by atoms with Crippen molar-refractivity contribution in [1.29, 1.82) is 0 Å². The molecule has 0 saturated heterocycles. The van der Waals surface area contributed by atoms with Crippen molar-refractivity contribution in [2.45, 2.75) is 32.6 Å². The molecule has 1 N–H and O–H groups in total. The van der Waals surface area contributed by atoms with Gasteiger partial charge in [-0.15, -0.1) is 0 Å². The lowest BCUT2D eigenvalue weighted by atomic mass is 9.87. The summed E-state index contributed by atoms with van der Waals surface area (Å²) in [7, 11) is 0. The molecule has 0 radical (unpaired) electrons. The molecule has 0 aliphatic rings. The molecular formula is C21H23NO. The first kappa shape index (κ1) is 16.8. The highest BCUT2D eigenvalue weighted by atomic mass is 16.1. The van der Waals surface area contributed by atoms with Gasteiger partial charge in [-0.25, -0.2) is 0 Å². The number of amides is 1. The van der Waals surface area contributed by atoms with E-state index in [-0.39, 0.29) is 11.3 Å². The molecule has 0 spiro atoms. The number of carbonyl (C=O) groups is 1. The topological polar surface area (TPSA) is 29.1 Å². The zero-order chi connectivity index (χ0) is 16.7. The van der Waals surface area contributed by atoms with Crippen molar-refractivity contribution in [3.8, 4) is 11.8 Å². The molecular weight excluding hydrogens is 282 g/mol. The minimum atomic E-state index is -0.235. The normalized spacial score (nSPS) is 10.6. The average molecular weight is 305 g/mol. The Bertz CT molecular complexity index is 697. The van der Waals surface area contributed by atoms with E-state index < -0.39 is 0 Å². The summed E-state index contributed by atoms with van der Waals surface area (Å²) in [6, 6.07) is 18.1. The first-order chi connectivity index (χ1) is 10.9. The van der Waals surface area contributed by atoms with Crippen LogP contribution in [0.25, 0.3) is 0 Å². The smallest absolute Gasteiger partial charge is 0.296 e. The molecule has 0 fully saturated rings. The molecule has 0 atom stereocenters. The highest BCUT2D eigenvalue weighted by Gasteiger charge is 2.12. The van der Waals surface area contributed by atoms with Gasteiger partial charge in [-0.2, -0.15) is 0 Å². The van der Waals surface area contributed by atoms with Crippen LogP contribution in [0.3, 0.4) is 0 Å². The number of hydrogen-bond donors (Lipinski definition) is 1. The lowest BCUT2D eigenvalue weighted by molar-refractivity contribution is -0.115. The second-order valence-corrected chi connectivity index (χ2v) is 6.57. The van der Waals surface area contributed by atoms with Gasteiger partial charge in [-0.1, -0.05) is 69.2 Å². The molecule has 0 saturated carbocycles. The van der Waals surface area contributed by atoms with E-state index in [1.807, 2.05) is 30.3 Å². The number of hydrogen-bond acceptors (Lipinski definition) is 1. The fourth-order valence-electron chi connectivity index (χ4n) is 2.19. The average Bonchev–Trinajstić information content (AvgIpc) is 2.53. The Morgan fingerprint density at radius 3 is 2.26 bits per heavy atom. The van der Waals surface area contributed by atoms with Crippen LogP contribution in [0.2, 0.25) is 0 Å². The van der Waals surface area contributed by atoms with Crippen molar-refractivity contribution < 1.29 is 4.79 Å². The predicted molar refractivity (Wildman–Crippen MR) is 95.2 cm³/mol. The van der Waals surface area contributed by atoms with E-state index in [4.69, 9.17) is 0 Å². The van der Waals surface area contributed by atoms with Crippen LogP contribution >= 0.6 is 0 Å². The van der Waals surface area contributed by atoms with Crippen molar-refractivity contribution in [3.05, 3.63) is 71.3 Å². The van der Waals surface area contributed by atoms with Gasteiger partial charge >= 0.3 is 0 Å². The highest BCUT2D eigenvalue weighted by molar-refractivity contribution is 5.94. The van der Waals surface area contributed by atoms with Crippen LogP contribution in [-0.2, 0) is 16.6 Å². The van der Waals surface area contributed by atoms with Crippen LogP contribution in [0, 0.1) is 11.8 Å². The summed E-state index contributed by atoms with van der Waals surface area (Å²) in [6.07, 6.45) is 0.814. The third-order valence-corrected chi connectivity index (χ3v) is 3.61. The van der Waals surface area contributed by atoms with E-state index in [0.717, 1.165) is 12.0 Å². The summed E-state index contributed by atoms with van der Waals surface area (Å²) >= 11 is 0. The van der Waals surface area contributed by atoms with Gasteiger partial charge in [0.25, 0.3) is 5.91 Å².